The van der Waals surface area contributed by atoms with Crippen LogP contribution in [0.3, 0.4) is 0 Å². The standard InChI is InChI=1S/C16H17ClO2/c1-11-4-6-12(7-5-11)16(2,18)13-8-9-14(17)15(10-13)19-3/h4-10,18H,1-3H3. The van der Waals surface area contributed by atoms with Crippen molar-refractivity contribution in [3.05, 3.63) is 64.2 Å². The molecule has 0 amide bonds. The fourth-order valence-corrected chi connectivity index (χ4v) is 2.20. The van der Waals surface area contributed by atoms with Gasteiger partial charge in [-0.2, -0.15) is 0 Å². The number of benzene rings is 2. The minimum Gasteiger partial charge on any atom is -0.495 e. The van der Waals surface area contributed by atoms with Crippen LogP contribution >= 0.6 is 11.6 Å². The van der Waals surface area contributed by atoms with E-state index in [4.69, 9.17) is 16.3 Å². The van der Waals surface area contributed by atoms with Crippen molar-refractivity contribution in [2.75, 3.05) is 7.11 Å². The van der Waals surface area contributed by atoms with Crippen molar-refractivity contribution in [2.24, 2.45) is 0 Å². The number of methoxy groups -OCH3 is 1. The fourth-order valence-electron chi connectivity index (χ4n) is 2.01. The molecule has 2 aromatic carbocycles. The molecule has 3 heteroatoms. The van der Waals surface area contributed by atoms with Gasteiger partial charge in [0.2, 0.25) is 0 Å². The Morgan fingerprint density at radius 2 is 1.63 bits per heavy atom. The van der Waals surface area contributed by atoms with Gasteiger partial charge in [0.25, 0.3) is 0 Å². The Balaban J connectivity index is 2.46. The van der Waals surface area contributed by atoms with Gasteiger partial charge in [-0.1, -0.05) is 47.5 Å². The number of aryl methyl sites for hydroxylation is 1. The zero-order chi connectivity index (χ0) is 14.0. The van der Waals surface area contributed by atoms with Crippen molar-refractivity contribution in [1.82, 2.24) is 0 Å². The average Bonchev–Trinajstić information content (AvgIpc) is 2.39. The van der Waals surface area contributed by atoms with Crippen molar-refractivity contribution in [1.29, 1.82) is 0 Å². The second-order valence-corrected chi connectivity index (χ2v) is 5.19. The van der Waals surface area contributed by atoms with E-state index in [-0.39, 0.29) is 0 Å². The molecule has 1 unspecified atom stereocenters. The molecule has 0 aliphatic heterocycles. The van der Waals surface area contributed by atoms with Gasteiger partial charge in [0.05, 0.1) is 12.1 Å². The molecule has 0 aliphatic rings. The zero-order valence-corrected chi connectivity index (χ0v) is 12.0. The number of hydrogen-bond acceptors (Lipinski definition) is 2. The summed E-state index contributed by atoms with van der Waals surface area (Å²) >= 11 is 6.01. The molecular formula is C16H17ClO2. The third-order valence-corrected chi connectivity index (χ3v) is 3.64. The molecule has 2 nitrogen and oxygen atoms in total. The molecular weight excluding hydrogens is 260 g/mol. The molecule has 0 aromatic heterocycles. The van der Waals surface area contributed by atoms with Crippen molar-refractivity contribution in [2.45, 2.75) is 19.4 Å². The lowest BCUT2D eigenvalue weighted by Gasteiger charge is -2.25. The molecule has 0 saturated carbocycles. The Labute approximate surface area is 118 Å². The monoisotopic (exact) mass is 276 g/mol. The van der Waals surface area contributed by atoms with Gasteiger partial charge < -0.3 is 9.84 Å². The van der Waals surface area contributed by atoms with Gasteiger partial charge in [-0.15, -0.1) is 0 Å². The van der Waals surface area contributed by atoms with Gasteiger partial charge in [-0.05, 0) is 37.1 Å². The van der Waals surface area contributed by atoms with Crippen molar-refractivity contribution < 1.29 is 9.84 Å². The van der Waals surface area contributed by atoms with E-state index in [0.29, 0.717) is 10.8 Å². The summed E-state index contributed by atoms with van der Waals surface area (Å²) in [5.74, 6) is 0.562. The SMILES string of the molecule is COc1cc(C(C)(O)c2ccc(C)cc2)ccc1Cl. The van der Waals surface area contributed by atoms with Crippen molar-refractivity contribution in [3.8, 4) is 5.75 Å². The number of rotatable bonds is 3. The number of hydrogen-bond donors (Lipinski definition) is 1. The van der Waals surface area contributed by atoms with E-state index in [2.05, 4.69) is 0 Å². The van der Waals surface area contributed by atoms with E-state index < -0.39 is 5.60 Å². The minimum atomic E-state index is -1.08. The van der Waals surface area contributed by atoms with Crippen LogP contribution in [0.15, 0.2) is 42.5 Å². The fraction of sp³-hybridized carbons (Fsp3) is 0.250. The largest absolute Gasteiger partial charge is 0.495 e. The van der Waals surface area contributed by atoms with Gasteiger partial charge in [0, 0.05) is 0 Å². The summed E-state index contributed by atoms with van der Waals surface area (Å²) < 4.78 is 5.19. The molecule has 100 valence electrons. The normalized spacial score (nSPS) is 13.9. The molecule has 0 saturated heterocycles. The third-order valence-electron chi connectivity index (χ3n) is 3.33. The third kappa shape index (κ3) is 2.75. The van der Waals surface area contributed by atoms with E-state index in [1.165, 1.54) is 0 Å². The first-order chi connectivity index (χ1) is 8.95. The maximum absolute atomic E-state index is 10.8. The predicted octanol–water partition coefficient (Wildman–Crippen LogP) is 3.91. The van der Waals surface area contributed by atoms with Crippen molar-refractivity contribution in [3.63, 3.8) is 0 Å². The van der Waals surface area contributed by atoms with Crippen molar-refractivity contribution >= 4 is 11.6 Å². The van der Waals surface area contributed by atoms with E-state index in [9.17, 15) is 5.11 Å². The maximum atomic E-state index is 10.8. The summed E-state index contributed by atoms with van der Waals surface area (Å²) in [4.78, 5) is 0. The Kier molecular flexibility index (Phi) is 3.83. The van der Waals surface area contributed by atoms with Gasteiger partial charge in [0.15, 0.2) is 0 Å². The molecule has 0 fully saturated rings. The summed E-state index contributed by atoms with van der Waals surface area (Å²) in [5, 5.41) is 11.3. The lowest BCUT2D eigenvalue weighted by Crippen LogP contribution is -2.22. The number of ether oxygens (including phenoxy) is 1. The molecule has 2 rings (SSSR count). The van der Waals surface area contributed by atoms with Crippen LogP contribution in [0.1, 0.15) is 23.6 Å². The highest BCUT2D eigenvalue weighted by Crippen LogP contribution is 2.34. The van der Waals surface area contributed by atoms with Gasteiger partial charge in [0.1, 0.15) is 11.4 Å². The number of halogens is 1. The van der Waals surface area contributed by atoms with Gasteiger partial charge in [-0.25, -0.2) is 0 Å². The van der Waals surface area contributed by atoms with Crippen LogP contribution in [0.4, 0.5) is 0 Å². The molecule has 0 bridgehead atoms. The van der Waals surface area contributed by atoms with Crippen LogP contribution in [0, 0.1) is 6.92 Å². The van der Waals surface area contributed by atoms with Crippen LogP contribution in [-0.2, 0) is 5.60 Å². The van der Waals surface area contributed by atoms with Crippen LogP contribution in [-0.4, -0.2) is 12.2 Å². The highest BCUT2D eigenvalue weighted by Gasteiger charge is 2.26. The van der Waals surface area contributed by atoms with Gasteiger partial charge in [-0.3, -0.25) is 0 Å². The summed E-state index contributed by atoms with van der Waals surface area (Å²) in [6.07, 6.45) is 0. The maximum Gasteiger partial charge on any atom is 0.137 e. The molecule has 19 heavy (non-hydrogen) atoms. The lowest BCUT2D eigenvalue weighted by atomic mass is 9.88. The van der Waals surface area contributed by atoms with Gasteiger partial charge >= 0.3 is 0 Å². The predicted molar refractivity (Wildman–Crippen MR) is 77.9 cm³/mol. The Morgan fingerprint density at radius 3 is 2.21 bits per heavy atom. The molecule has 1 N–H and O–H groups in total. The quantitative estimate of drug-likeness (QED) is 0.921. The molecule has 1 atom stereocenters. The first-order valence-electron chi connectivity index (χ1n) is 6.08. The summed E-state index contributed by atoms with van der Waals surface area (Å²) in [6.45, 7) is 3.78. The summed E-state index contributed by atoms with van der Waals surface area (Å²) in [7, 11) is 1.56. The Hall–Kier alpha value is -1.51. The Bertz CT molecular complexity index is 574. The van der Waals surface area contributed by atoms with E-state index >= 15 is 0 Å². The van der Waals surface area contributed by atoms with E-state index in [0.717, 1.165) is 16.7 Å². The second kappa shape index (κ2) is 5.24. The summed E-state index contributed by atoms with van der Waals surface area (Å²) in [5.41, 5.74) is 1.67. The highest BCUT2D eigenvalue weighted by atomic mass is 35.5. The average molecular weight is 277 g/mol. The minimum absolute atomic E-state index is 0.533. The van der Waals surface area contributed by atoms with E-state index in [1.807, 2.05) is 37.3 Å². The molecule has 0 aliphatic carbocycles. The zero-order valence-electron chi connectivity index (χ0n) is 11.3. The topological polar surface area (TPSA) is 29.5 Å². The van der Waals surface area contributed by atoms with E-state index in [1.54, 1.807) is 26.2 Å². The van der Waals surface area contributed by atoms with Crippen LogP contribution in [0.5, 0.6) is 5.75 Å². The van der Waals surface area contributed by atoms with Crippen LogP contribution in [0.2, 0.25) is 5.02 Å². The lowest BCUT2D eigenvalue weighted by molar-refractivity contribution is 0.102. The molecule has 0 radical (unpaired) electrons. The number of aliphatic hydroxyl groups is 1. The Morgan fingerprint density at radius 1 is 1.05 bits per heavy atom. The van der Waals surface area contributed by atoms with Crippen LogP contribution < -0.4 is 4.74 Å². The smallest absolute Gasteiger partial charge is 0.137 e. The second-order valence-electron chi connectivity index (χ2n) is 4.79. The molecule has 2 aromatic rings. The first-order valence-corrected chi connectivity index (χ1v) is 6.46. The first kappa shape index (κ1) is 13.9. The van der Waals surface area contributed by atoms with Crippen LogP contribution in [0.25, 0.3) is 0 Å². The molecule has 0 heterocycles. The highest BCUT2D eigenvalue weighted by molar-refractivity contribution is 6.32. The summed E-state index contributed by atoms with van der Waals surface area (Å²) in [6, 6.07) is 13.1. The molecule has 0 spiro atoms.